The first-order valence-electron chi connectivity index (χ1n) is 7.65. The SMILES string of the molecule is CCCC[Si](CCCC)(CCCC)[O][Ti]([OH])([OH])[O]C. The predicted molar refractivity (Wildman–Crippen MR) is 77.4 cm³/mol. The van der Waals surface area contributed by atoms with Gasteiger partial charge in [0, 0.05) is 0 Å². The summed E-state index contributed by atoms with van der Waals surface area (Å²) in [6, 6.07) is 3.09. The first kappa shape index (κ1) is 19.8. The van der Waals surface area contributed by atoms with Crippen LogP contribution in [0, 0.1) is 0 Å². The Kier molecular flexibility index (Phi) is 10.9. The monoisotopic (exact) mass is 328 g/mol. The van der Waals surface area contributed by atoms with Gasteiger partial charge in [0.15, 0.2) is 0 Å². The minimum absolute atomic E-state index is 1.03. The quantitative estimate of drug-likeness (QED) is 0.535. The van der Waals surface area contributed by atoms with Crippen LogP contribution in [0.25, 0.3) is 0 Å². The van der Waals surface area contributed by atoms with Crippen molar-refractivity contribution in [3.63, 3.8) is 0 Å². The molecule has 4 nitrogen and oxygen atoms in total. The van der Waals surface area contributed by atoms with E-state index in [9.17, 15) is 7.38 Å². The molecule has 0 saturated heterocycles. The molecule has 0 aromatic rings. The molecule has 0 saturated carbocycles. The van der Waals surface area contributed by atoms with E-state index in [1.54, 1.807) is 0 Å². The van der Waals surface area contributed by atoms with E-state index >= 15 is 0 Å². The van der Waals surface area contributed by atoms with Crippen molar-refractivity contribution < 1.29 is 31.8 Å². The molecule has 0 aliphatic heterocycles. The van der Waals surface area contributed by atoms with Gasteiger partial charge in [-0.05, 0) is 0 Å². The fourth-order valence-corrected chi connectivity index (χ4v) is 11.5. The van der Waals surface area contributed by atoms with Crippen LogP contribution in [0.2, 0.25) is 18.1 Å². The number of unbranched alkanes of at least 4 members (excludes halogenated alkanes) is 3. The maximum atomic E-state index is 9.89. The molecule has 0 amide bonds. The summed E-state index contributed by atoms with van der Waals surface area (Å²) < 4.78 is 30.5. The van der Waals surface area contributed by atoms with Crippen molar-refractivity contribution in [2.45, 2.75) is 77.4 Å². The molecule has 0 aliphatic carbocycles. The van der Waals surface area contributed by atoms with Crippen molar-refractivity contribution in [2.75, 3.05) is 7.11 Å². The van der Waals surface area contributed by atoms with Crippen molar-refractivity contribution >= 4 is 8.32 Å². The second-order valence-electron chi connectivity index (χ2n) is 5.35. The van der Waals surface area contributed by atoms with Gasteiger partial charge in [-0.1, -0.05) is 0 Å². The van der Waals surface area contributed by atoms with E-state index in [1.165, 1.54) is 7.11 Å². The Morgan fingerprint density at radius 1 is 0.842 bits per heavy atom. The van der Waals surface area contributed by atoms with Crippen LogP contribution >= 0.6 is 0 Å². The molecule has 0 aromatic heterocycles. The molecule has 6 heteroatoms. The minimum atomic E-state index is -4.42. The molecular formula is C13H32O4SiTi. The number of rotatable bonds is 12. The van der Waals surface area contributed by atoms with E-state index < -0.39 is 26.5 Å². The molecule has 0 aromatic carbocycles. The first-order valence-corrected chi connectivity index (χ1v) is 12.9. The van der Waals surface area contributed by atoms with E-state index in [2.05, 4.69) is 20.8 Å². The van der Waals surface area contributed by atoms with Crippen molar-refractivity contribution in [2.24, 2.45) is 0 Å². The Morgan fingerprint density at radius 3 is 1.47 bits per heavy atom. The molecule has 0 radical (unpaired) electrons. The molecule has 0 spiro atoms. The standard InChI is InChI=1S/C12H27OSi.CH3O.2H2O.Ti/c1-4-7-10-14(13,11-8-5-2)12-9-6-3;1-2;;;/h4-12H2,1-3H3;1H3;2*1H2;/q2*-1;;;+4/p-2. The molecule has 0 fully saturated rings. The Morgan fingerprint density at radius 2 is 1.21 bits per heavy atom. The average Bonchev–Trinajstić information content (AvgIpc) is 2.40. The Bertz CT molecular complexity index is 205. The normalized spacial score (nSPS) is 12.9. The molecule has 2 N–H and O–H groups in total. The van der Waals surface area contributed by atoms with Gasteiger partial charge < -0.3 is 0 Å². The molecule has 116 valence electrons. The van der Waals surface area contributed by atoms with Crippen molar-refractivity contribution in [3.05, 3.63) is 0 Å². The van der Waals surface area contributed by atoms with Gasteiger partial charge in [-0.25, -0.2) is 0 Å². The molecule has 0 aliphatic rings. The summed E-state index contributed by atoms with van der Waals surface area (Å²) in [5, 5.41) is 0. The van der Waals surface area contributed by atoms with Crippen LogP contribution in [0.4, 0.5) is 0 Å². The van der Waals surface area contributed by atoms with Gasteiger partial charge in [-0.3, -0.25) is 0 Å². The molecule has 0 bridgehead atoms. The summed E-state index contributed by atoms with van der Waals surface area (Å²) in [6.45, 7) is 6.51. The third-order valence-corrected chi connectivity index (χ3v) is 12.2. The van der Waals surface area contributed by atoms with Crippen LogP contribution in [-0.4, -0.2) is 22.8 Å². The van der Waals surface area contributed by atoms with E-state index in [-0.39, 0.29) is 0 Å². The summed E-state index contributed by atoms with van der Waals surface area (Å²) >= 11 is -4.42. The fraction of sp³-hybridized carbons (Fsp3) is 1.00. The van der Waals surface area contributed by atoms with Crippen molar-refractivity contribution in [3.8, 4) is 0 Å². The average molecular weight is 328 g/mol. The molecule has 0 atom stereocenters. The van der Waals surface area contributed by atoms with Gasteiger partial charge in [0.25, 0.3) is 0 Å². The molecule has 0 unspecified atom stereocenters. The van der Waals surface area contributed by atoms with Gasteiger partial charge in [-0.2, -0.15) is 0 Å². The van der Waals surface area contributed by atoms with E-state index in [0.29, 0.717) is 0 Å². The Labute approximate surface area is 124 Å². The molecule has 0 rings (SSSR count). The van der Waals surface area contributed by atoms with Crippen LogP contribution in [0.1, 0.15) is 59.3 Å². The van der Waals surface area contributed by atoms with Gasteiger partial charge in [0.1, 0.15) is 0 Å². The zero-order valence-electron chi connectivity index (χ0n) is 13.1. The molecule has 19 heavy (non-hydrogen) atoms. The molecule has 0 heterocycles. The zero-order valence-corrected chi connectivity index (χ0v) is 15.6. The first-order chi connectivity index (χ1) is 8.95. The van der Waals surface area contributed by atoms with Crippen LogP contribution in [0.5, 0.6) is 0 Å². The second-order valence-corrected chi connectivity index (χ2v) is 12.7. The van der Waals surface area contributed by atoms with Crippen LogP contribution in [-0.2, 0) is 24.5 Å². The number of hydrogen-bond acceptors (Lipinski definition) is 4. The van der Waals surface area contributed by atoms with Gasteiger partial charge >= 0.3 is 125 Å². The second kappa shape index (κ2) is 10.5. The summed E-state index contributed by atoms with van der Waals surface area (Å²) in [5.74, 6) is 0. The van der Waals surface area contributed by atoms with E-state index in [4.69, 9.17) is 6.33 Å². The predicted octanol–water partition coefficient (Wildman–Crippen LogP) is 3.79. The Hall–Kier alpha value is 0.771. The van der Waals surface area contributed by atoms with Crippen LogP contribution < -0.4 is 0 Å². The molecular weight excluding hydrogens is 296 g/mol. The van der Waals surface area contributed by atoms with Gasteiger partial charge in [-0.15, -0.1) is 0 Å². The summed E-state index contributed by atoms with van der Waals surface area (Å²) in [7, 11) is -0.711. The number of hydrogen-bond donors (Lipinski definition) is 2. The third kappa shape index (κ3) is 8.60. The summed E-state index contributed by atoms with van der Waals surface area (Å²) in [4.78, 5) is 0. The van der Waals surface area contributed by atoms with Crippen LogP contribution in [0.3, 0.4) is 0 Å². The maximum absolute atomic E-state index is 9.89. The topological polar surface area (TPSA) is 58.9 Å². The fourth-order valence-electron chi connectivity index (χ4n) is 2.35. The van der Waals surface area contributed by atoms with E-state index in [1.807, 2.05) is 0 Å². The van der Waals surface area contributed by atoms with Gasteiger partial charge in [0.05, 0.1) is 0 Å². The van der Waals surface area contributed by atoms with Crippen molar-refractivity contribution in [1.82, 2.24) is 0 Å². The van der Waals surface area contributed by atoms with Crippen LogP contribution in [0.15, 0.2) is 0 Å². The summed E-state index contributed by atoms with van der Waals surface area (Å²) in [6.07, 6.45) is 6.71. The Balaban J connectivity index is 4.85. The van der Waals surface area contributed by atoms with E-state index in [0.717, 1.165) is 56.7 Å². The zero-order chi connectivity index (χ0) is 14.8. The third-order valence-electron chi connectivity index (χ3n) is 3.57. The summed E-state index contributed by atoms with van der Waals surface area (Å²) in [5.41, 5.74) is 0. The van der Waals surface area contributed by atoms with Crippen molar-refractivity contribution in [1.29, 1.82) is 0 Å². The van der Waals surface area contributed by atoms with Gasteiger partial charge in [0.2, 0.25) is 0 Å².